The fourth-order valence-corrected chi connectivity index (χ4v) is 3.42. The Balaban J connectivity index is 1.36. The number of carbonyl (C=O) groups is 1. The van der Waals surface area contributed by atoms with Gasteiger partial charge in [-0.15, -0.1) is 0 Å². The molecule has 4 rings (SSSR count). The maximum absolute atomic E-state index is 12.6. The van der Waals surface area contributed by atoms with Gasteiger partial charge in [0, 0.05) is 20.3 Å². The van der Waals surface area contributed by atoms with Gasteiger partial charge in [0.05, 0.1) is 12.2 Å². The molecule has 1 amide bonds. The minimum absolute atomic E-state index is 0.167. The molecule has 2 heterocycles. The van der Waals surface area contributed by atoms with Crippen molar-refractivity contribution in [3.05, 3.63) is 70.9 Å². The number of amides is 1. The number of benzene rings is 1. The van der Waals surface area contributed by atoms with Crippen molar-refractivity contribution in [3.8, 4) is 5.75 Å². The zero-order valence-electron chi connectivity index (χ0n) is 15.6. The van der Waals surface area contributed by atoms with E-state index in [2.05, 4.69) is 17.2 Å². The molecule has 0 radical (unpaired) electrons. The van der Waals surface area contributed by atoms with Crippen molar-refractivity contribution >= 4 is 5.91 Å². The lowest BCUT2D eigenvalue weighted by molar-refractivity contribution is 0.0746. The molecule has 0 N–H and O–H groups in total. The van der Waals surface area contributed by atoms with Crippen molar-refractivity contribution in [1.82, 2.24) is 14.7 Å². The Kier molecular flexibility index (Phi) is 4.71. The van der Waals surface area contributed by atoms with E-state index in [0.29, 0.717) is 24.7 Å². The second-order valence-electron chi connectivity index (χ2n) is 6.95. The lowest BCUT2D eigenvalue weighted by atomic mass is 10.1. The van der Waals surface area contributed by atoms with Crippen molar-refractivity contribution < 1.29 is 13.9 Å². The first kappa shape index (κ1) is 17.4. The van der Waals surface area contributed by atoms with Crippen LogP contribution in [0.1, 0.15) is 39.6 Å². The molecule has 0 aliphatic heterocycles. The number of hydrogen-bond donors (Lipinski definition) is 0. The van der Waals surface area contributed by atoms with Crippen LogP contribution in [-0.2, 0) is 33.0 Å². The summed E-state index contributed by atoms with van der Waals surface area (Å²) in [6.07, 6.45) is 5.21. The lowest BCUT2D eigenvalue weighted by Crippen LogP contribution is -2.26. The van der Waals surface area contributed by atoms with Crippen LogP contribution in [0.15, 0.2) is 47.0 Å². The highest BCUT2D eigenvalue weighted by Crippen LogP contribution is 2.26. The highest BCUT2D eigenvalue weighted by atomic mass is 16.5. The predicted octanol–water partition coefficient (Wildman–Crippen LogP) is 3.35. The van der Waals surface area contributed by atoms with Crippen LogP contribution < -0.4 is 4.74 Å². The summed E-state index contributed by atoms with van der Waals surface area (Å²) >= 11 is 0. The topological polar surface area (TPSA) is 60.5 Å². The molecule has 1 aliphatic rings. The normalized spacial score (nSPS) is 12.8. The standard InChI is InChI=1S/C21H23N3O3/c1-23(13-17-10-11-22-24(17)2)21(25)20-9-8-19(27-20)14-26-18-7-6-15-4-3-5-16(15)12-18/h6-12H,3-5,13-14H2,1-2H3. The molecule has 0 atom stereocenters. The molecule has 1 aliphatic carbocycles. The average Bonchev–Trinajstić information content (AvgIpc) is 3.40. The van der Waals surface area contributed by atoms with Crippen LogP contribution in [0.25, 0.3) is 0 Å². The van der Waals surface area contributed by atoms with Crippen molar-refractivity contribution in [1.29, 1.82) is 0 Å². The fourth-order valence-electron chi connectivity index (χ4n) is 3.42. The summed E-state index contributed by atoms with van der Waals surface area (Å²) in [6.45, 7) is 0.772. The van der Waals surface area contributed by atoms with Crippen LogP contribution in [0.2, 0.25) is 0 Å². The van der Waals surface area contributed by atoms with E-state index < -0.39 is 0 Å². The van der Waals surface area contributed by atoms with Crippen LogP contribution in [-0.4, -0.2) is 27.6 Å². The Labute approximate surface area is 158 Å². The van der Waals surface area contributed by atoms with Gasteiger partial charge in [0.25, 0.3) is 5.91 Å². The summed E-state index contributed by atoms with van der Waals surface area (Å²) in [6, 6.07) is 11.6. The lowest BCUT2D eigenvalue weighted by Gasteiger charge is -2.15. The number of hydrogen-bond acceptors (Lipinski definition) is 4. The maximum Gasteiger partial charge on any atom is 0.289 e. The molecule has 2 aromatic heterocycles. The van der Waals surface area contributed by atoms with Gasteiger partial charge in [-0.1, -0.05) is 6.07 Å². The van der Waals surface area contributed by atoms with Crippen LogP contribution in [0, 0.1) is 0 Å². The first-order valence-electron chi connectivity index (χ1n) is 9.16. The zero-order valence-corrected chi connectivity index (χ0v) is 15.6. The molecular weight excluding hydrogens is 342 g/mol. The van der Waals surface area contributed by atoms with Gasteiger partial charge in [0.1, 0.15) is 18.1 Å². The van der Waals surface area contributed by atoms with E-state index in [1.807, 2.05) is 19.2 Å². The number of ether oxygens (including phenoxy) is 1. The fraction of sp³-hybridized carbons (Fsp3) is 0.333. The number of fused-ring (bicyclic) bond motifs is 1. The molecule has 27 heavy (non-hydrogen) atoms. The highest BCUT2D eigenvalue weighted by Gasteiger charge is 2.18. The Morgan fingerprint density at radius 1 is 1.22 bits per heavy atom. The number of rotatable bonds is 6. The van der Waals surface area contributed by atoms with E-state index >= 15 is 0 Å². The first-order valence-corrected chi connectivity index (χ1v) is 9.16. The van der Waals surface area contributed by atoms with Gasteiger partial charge in [0.15, 0.2) is 5.76 Å². The predicted molar refractivity (Wildman–Crippen MR) is 101 cm³/mol. The number of carbonyl (C=O) groups excluding carboxylic acids is 1. The van der Waals surface area contributed by atoms with Crippen molar-refractivity contribution in [2.45, 2.75) is 32.4 Å². The van der Waals surface area contributed by atoms with Crippen LogP contribution in [0.4, 0.5) is 0 Å². The van der Waals surface area contributed by atoms with Gasteiger partial charge in [0.2, 0.25) is 0 Å². The van der Waals surface area contributed by atoms with E-state index in [0.717, 1.165) is 24.3 Å². The maximum atomic E-state index is 12.6. The van der Waals surface area contributed by atoms with E-state index in [4.69, 9.17) is 9.15 Å². The van der Waals surface area contributed by atoms with Gasteiger partial charge in [-0.25, -0.2) is 0 Å². The molecule has 1 aromatic carbocycles. The van der Waals surface area contributed by atoms with Gasteiger partial charge in [-0.05, 0) is 60.7 Å². The molecule has 6 heteroatoms. The molecule has 3 aromatic rings. The van der Waals surface area contributed by atoms with Gasteiger partial charge in [-0.3, -0.25) is 9.48 Å². The minimum atomic E-state index is -0.167. The number of aromatic nitrogens is 2. The second kappa shape index (κ2) is 7.31. The van der Waals surface area contributed by atoms with E-state index in [1.54, 1.807) is 35.0 Å². The third-order valence-electron chi connectivity index (χ3n) is 4.99. The molecule has 140 valence electrons. The molecule has 0 saturated carbocycles. The monoisotopic (exact) mass is 365 g/mol. The molecule has 0 unspecified atom stereocenters. The number of aryl methyl sites for hydroxylation is 3. The molecule has 0 fully saturated rings. The molecule has 0 bridgehead atoms. The SMILES string of the molecule is CN(Cc1ccnn1C)C(=O)c1ccc(COc2ccc3c(c2)CCC3)o1. The Hall–Kier alpha value is -3.02. The molecule has 0 saturated heterocycles. The smallest absolute Gasteiger partial charge is 0.289 e. The third-order valence-corrected chi connectivity index (χ3v) is 4.99. The summed E-state index contributed by atoms with van der Waals surface area (Å²) < 4.78 is 13.3. The summed E-state index contributed by atoms with van der Waals surface area (Å²) in [4.78, 5) is 14.2. The number of nitrogens with zero attached hydrogens (tertiary/aromatic N) is 3. The summed E-state index contributed by atoms with van der Waals surface area (Å²) in [5.41, 5.74) is 3.75. The molecule has 0 spiro atoms. The van der Waals surface area contributed by atoms with Crippen LogP contribution >= 0.6 is 0 Å². The molecule has 6 nitrogen and oxygen atoms in total. The van der Waals surface area contributed by atoms with Crippen molar-refractivity contribution in [2.75, 3.05) is 7.05 Å². The van der Waals surface area contributed by atoms with Gasteiger partial charge < -0.3 is 14.1 Å². The average molecular weight is 365 g/mol. The molecular formula is C21H23N3O3. The van der Waals surface area contributed by atoms with Crippen molar-refractivity contribution in [2.24, 2.45) is 7.05 Å². The summed E-state index contributed by atoms with van der Waals surface area (Å²) in [5.74, 6) is 1.62. The highest BCUT2D eigenvalue weighted by molar-refractivity contribution is 5.91. The summed E-state index contributed by atoms with van der Waals surface area (Å²) in [5, 5.41) is 4.12. The Morgan fingerprint density at radius 3 is 2.89 bits per heavy atom. The van der Waals surface area contributed by atoms with Gasteiger partial charge in [-0.2, -0.15) is 5.10 Å². The largest absolute Gasteiger partial charge is 0.486 e. The van der Waals surface area contributed by atoms with Crippen LogP contribution in [0.5, 0.6) is 5.75 Å². The van der Waals surface area contributed by atoms with Crippen LogP contribution in [0.3, 0.4) is 0 Å². The quantitative estimate of drug-likeness (QED) is 0.672. The van der Waals surface area contributed by atoms with Gasteiger partial charge >= 0.3 is 0 Å². The second-order valence-corrected chi connectivity index (χ2v) is 6.95. The zero-order chi connectivity index (χ0) is 18.8. The first-order chi connectivity index (χ1) is 13.1. The number of furan rings is 1. The third kappa shape index (κ3) is 3.74. The van der Waals surface area contributed by atoms with E-state index in [9.17, 15) is 4.79 Å². The van der Waals surface area contributed by atoms with Crippen molar-refractivity contribution in [3.63, 3.8) is 0 Å². The Morgan fingerprint density at radius 2 is 2.07 bits per heavy atom. The van der Waals surface area contributed by atoms with E-state index in [1.165, 1.54) is 17.5 Å². The minimum Gasteiger partial charge on any atom is -0.486 e. The van der Waals surface area contributed by atoms with E-state index in [-0.39, 0.29) is 5.91 Å². The Bertz CT molecular complexity index is 957. The summed E-state index contributed by atoms with van der Waals surface area (Å²) in [7, 11) is 3.60.